The lowest BCUT2D eigenvalue weighted by atomic mass is 9.43. The highest BCUT2D eigenvalue weighted by Crippen LogP contribution is 2.63. The second-order valence-corrected chi connectivity index (χ2v) is 10.9. The van der Waals surface area contributed by atoms with Crippen molar-refractivity contribution in [3.05, 3.63) is 11.1 Å². The molecule has 4 rings (SSSR count). The third-order valence-electron chi connectivity index (χ3n) is 9.05. The number of ether oxygens (including phenoxy) is 1. The number of ketones is 1. The van der Waals surface area contributed by atoms with Gasteiger partial charge in [-0.15, -0.1) is 0 Å². The molecule has 3 aliphatic carbocycles. The van der Waals surface area contributed by atoms with Gasteiger partial charge in [0.25, 0.3) is 0 Å². The van der Waals surface area contributed by atoms with E-state index in [1.807, 2.05) is 6.92 Å². The molecule has 7 nitrogen and oxygen atoms in total. The number of rotatable bonds is 2. The Bertz CT molecular complexity index is 818. The van der Waals surface area contributed by atoms with Crippen LogP contribution in [0.25, 0.3) is 0 Å². The normalized spacial score (nSPS) is 53.1. The summed E-state index contributed by atoms with van der Waals surface area (Å²) in [4.78, 5) is 13.9. The van der Waals surface area contributed by atoms with Gasteiger partial charge in [0.15, 0.2) is 5.78 Å². The maximum absolute atomic E-state index is 13.9. The van der Waals surface area contributed by atoms with Crippen LogP contribution in [-0.4, -0.2) is 74.7 Å². The SMILES string of the molecule is [3H]CSO[C@H]1C[C@@]2(O)[C@@H](O)[C@@H]3[C@]4(O)CO[C@@H]4C[C@H](C)[C@@]3(C)C(=O)[C@H](O)C(=C1C)C2(C)C. The van der Waals surface area contributed by atoms with E-state index in [0.717, 1.165) is 12.0 Å². The van der Waals surface area contributed by atoms with Crippen LogP contribution in [0.15, 0.2) is 11.1 Å². The molecular formula is C22H34O7S. The van der Waals surface area contributed by atoms with Crippen LogP contribution in [-0.2, 0) is 13.7 Å². The lowest BCUT2D eigenvalue weighted by Gasteiger charge is -2.67. The molecule has 2 bridgehead atoms. The quantitative estimate of drug-likeness (QED) is 0.371. The fourth-order valence-electron chi connectivity index (χ4n) is 6.85. The lowest BCUT2D eigenvalue weighted by Crippen LogP contribution is -2.79. The van der Waals surface area contributed by atoms with Crippen molar-refractivity contribution in [3.63, 3.8) is 0 Å². The van der Waals surface area contributed by atoms with Crippen molar-refractivity contribution in [1.82, 2.24) is 0 Å². The van der Waals surface area contributed by atoms with Gasteiger partial charge < -0.3 is 29.3 Å². The zero-order valence-corrected chi connectivity index (χ0v) is 19.0. The number of hydrogen-bond donors (Lipinski definition) is 4. The number of aliphatic hydroxyl groups excluding tert-OH is 2. The smallest absolute Gasteiger partial charge is 0.172 e. The van der Waals surface area contributed by atoms with E-state index in [4.69, 9.17) is 10.3 Å². The minimum atomic E-state index is -1.78. The van der Waals surface area contributed by atoms with E-state index in [1.54, 1.807) is 27.7 Å². The minimum absolute atomic E-state index is 0.0208. The number of aliphatic hydroxyl groups is 4. The maximum Gasteiger partial charge on any atom is 0.172 e. The zero-order valence-electron chi connectivity index (χ0n) is 19.2. The summed E-state index contributed by atoms with van der Waals surface area (Å²) in [5, 5.41) is 46.8. The van der Waals surface area contributed by atoms with Crippen LogP contribution in [0.5, 0.6) is 0 Å². The van der Waals surface area contributed by atoms with Crippen molar-refractivity contribution in [2.24, 2.45) is 22.7 Å². The third kappa shape index (κ3) is 2.47. The Kier molecular flexibility index (Phi) is 4.82. The molecule has 8 heteroatoms. The van der Waals surface area contributed by atoms with Gasteiger partial charge in [0.05, 0.1) is 24.9 Å². The largest absolute Gasteiger partial charge is 0.390 e. The number of carbonyl (C=O) groups is 1. The molecule has 2 saturated carbocycles. The van der Waals surface area contributed by atoms with Crippen molar-refractivity contribution < 1.29 is 35.5 Å². The molecular weight excluding hydrogens is 408 g/mol. The molecule has 1 aliphatic heterocycles. The summed E-state index contributed by atoms with van der Waals surface area (Å²) in [6, 6.07) is 0. The number of carbonyl (C=O) groups excluding carboxylic acids is 1. The Labute approximate surface area is 183 Å². The van der Waals surface area contributed by atoms with Crippen molar-refractivity contribution in [2.45, 2.75) is 83.1 Å². The molecule has 0 aromatic heterocycles. The van der Waals surface area contributed by atoms with Gasteiger partial charge in [0.1, 0.15) is 17.3 Å². The number of fused-ring (bicyclic) bond motifs is 5. The highest BCUT2D eigenvalue weighted by atomic mass is 32.2. The Hall–Kier alpha value is -0.480. The van der Waals surface area contributed by atoms with E-state index < -0.39 is 58.1 Å². The van der Waals surface area contributed by atoms with Gasteiger partial charge in [0, 0.05) is 30.8 Å². The van der Waals surface area contributed by atoms with Gasteiger partial charge in [-0.25, -0.2) is 0 Å². The van der Waals surface area contributed by atoms with Crippen LogP contribution in [0.1, 0.15) is 48.8 Å². The van der Waals surface area contributed by atoms with Crippen molar-refractivity contribution in [1.29, 1.82) is 0 Å². The summed E-state index contributed by atoms with van der Waals surface area (Å²) in [6.45, 7) is 8.74. The molecule has 1 saturated heterocycles. The average Bonchev–Trinajstić information content (AvgIpc) is 2.70. The highest BCUT2D eigenvalue weighted by Gasteiger charge is 2.74. The van der Waals surface area contributed by atoms with Gasteiger partial charge in [-0.05, 0) is 42.5 Å². The molecule has 0 aromatic rings. The summed E-state index contributed by atoms with van der Waals surface area (Å²) in [6.07, 6.45) is -3.78. The van der Waals surface area contributed by atoms with Crippen molar-refractivity contribution in [2.75, 3.05) is 12.8 Å². The molecule has 0 amide bonds. The molecule has 4 N–H and O–H groups in total. The summed E-state index contributed by atoms with van der Waals surface area (Å²) < 4.78 is 18.7. The topological polar surface area (TPSA) is 116 Å². The Balaban J connectivity index is 1.96. The van der Waals surface area contributed by atoms with Crippen LogP contribution in [0.3, 0.4) is 0 Å². The van der Waals surface area contributed by atoms with Gasteiger partial charge in [0.2, 0.25) is 0 Å². The Morgan fingerprint density at radius 3 is 2.50 bits per heavy atom. The fourth-order valence-corrected chi connectivity index (χ4v) is 7.23. The first kappa shape index (κ1) is 21.4. The van der Waals surface area contributed by atoms with E-state index in [2.05, 4.69) is 0 Å². The molecule has 170 valence electrons. The molecule has 9 atom stereocenters. The van der Waals surface area contributed by atoms with Gasteiger partial charge in [-0.1, -0.05) is 27.7 Å². The van der Waals surface area contributed by atoms with Crippen molar-refractivity contribution >= 4 is 17.8 Å². The monoisotopic (exact) mass is 444 g/mol. The van der Waals surface area contributed by atoms with Crippen LogP contribution < -0.4 is 0 Å². The summed E-state index contributed by atoms with van der Waals surface area (Å²) >= 11 is 0.909. The van der Waals surface area contributed by atoms with E-state index in [1.165, 1.54) is 0 Å². The first-order valence-corrected chi connectivity index (χ1v) is 11.4. The summed E-state index contributed by atoms with van der Waals surface area (Å²) in [5.74, 6) is -1.75. The third-order valence-corrected chi connectivity index (χ3v) is 9.42. The molecule has 0 unspecified atom stereocenters. The molecule has 1 heterocycles. The van der Waals surface area contributed by atoms with E-state index in [0.29, 0.717) is 17.6 Å². The second-order valence-electron chi connectivity index (χ2n) is 10.5. The predicted octanol–water partition coefficient (Wildman–Crippen LogP) is 1.22. The van der Waals surface area contributed by atoms with Crippen LogP contribution >= 0.6 is 12.0 Å². The van der Waals surface area contributed by atoms with Crippen molar-refractivity contribution in [3.8, 4) is 0 Å². The van der Waals surface area contributed by atoms with E-state index in [-0.39, 0.29) is 25.2 Å². The highest BCUT2D eigenvalue weighted by molar-refractivity contribution is 7.93. The molecule has 4 aliphatic rings. The molecule has 30 heavy (non-hydrogen) atoms. The van der Waals surface area contributed by atoms with Crippen LogP contribution in [0.4, 0.5) is 0 Å². The minimum Gasteiger partial charge on any atom is -0.390 e. The molecule has 0 radical (unpaired) electrons. The van der Waals surface area contributed by atoms with Crippen LogP contribution in [0, 0.1) is 22.7 Å². The lowest BCUT2D eigenvalue weighted by molar-refractivity contribution is -0.338. The van der Waals surface area contributed by atoms with E-state index in [9.17, 15) is 25.2 Å². The molecule has 0 aromatic carbocycles. The van der Waals surface area contributed by atoms with Gasteiger partial charge in [-0.2, -0.15) is 0 Å². The summed E-state index contributed by atoms with van der Waals surface area (Å²) in [7, 11) is 0. The number of Topliss-reactive ketones (excluding diaryl/α,β-unsaturated/α-hetero) is 1. The first-order valence-electron chi connectivity index (χ1n) is 11.2. The fraction of sp³-hybridized carbons (Fsp3) is 0.864. The van der Waals surface area contributed by atoms with E-state index >= 15 is 0 Å². The first-order chi connectivity index (χ1) is 14.3. The maximum atomic E-state index is 13.9. The second kappa shape index (κ2) is 6.76. The number of hydrogen-bond acceptors (Lipinski definition) is 8. The van der Waals surface area contributed by atoms with Crippen LogP contribution in [0.2, 0.25) is 0 Å². The summed E-state index contributed by atoms with van der Waals surface area (Å²) in [5.41, 5.74) is -4.68. The molecule has 3 fully saturated rings. The van der Waals surface area contributed by atoms with Gasteiger partial charge in [-0.3, -0.25) is 4.79 Å². The standard InChI is InChI=1S/C22H34O7S/c1-10-7-13-21(26,9-28-13)16-18(25)22(27)8-12(29-30-6)11(2)14(19(22,3)4)15(23)17(24)20(10,16)5/h10,12-13,15-16,18,23,25-27H,7-9H2,1-6H3/t10-,12-,13+,15+,16-,18-,20+,21-,22+/m0/s1/i6T. The predicted molar refractivity (Wildman–Crippen MR) is 112 cm³/mol. The Morgan fingerprint density at radius 1 is 1.27 bits per heavy atom. The van der Waals surface area contributed by atoms with Gasteiger partial charge >= 0.3 is 0 Å². The zero-order chi connectivity index (χ0) is 23.1. The molecule has 0 spiro atoms. The Morgan fingerprint density at radius 2 is 1.93 bits per heavy atom. The average molecular weight is 445 g/mol.